The molecule has 314 valence electrons. The smallest absolute Gasteiger partial charge is 0.316 e. The molecule has 0 bridgehead atoms. The largest absolute Gasteiger partial charge is 0.508 e. The Morgan fingerprint density at radius 2 is 1.07 bits per heavy atom. The van der Waals surface area contributed by atoms with Crippen molar-refractivity contribution >= 4 is 22.7 Å². The van der Waals surface area contributed by atoms with Crippen LogP contribution in [-0.2, 0) is 9.59 Å². The third kappa shape index (κ3) is 14.5. The number of carbonyl (C=O) groups is 2. The third-order valence-corrected chi connectivity index (χ3v) is 10.7. The van der Waals surface area contributed by atoms with Crippen LogP contribution in [0, 0.1) is 24.7 Å². The highest BCUT2D eigenvalue weighted by atomic mass is 16.5. The van der Waals surface area contributed by atoms with Crippen LogP contribution in [0.1, 0.15) is 129 Å². The molecule has 58 heavy (non-hydrogen) atoms. The predicted octanol–water partition coefficient (Wildman–Crippen LogP) is 13.0. The Balaban J connectivity index is 0.000000274. The molecule has 2 atom stereocenters. The quantitative estimate of drug-likeness (QED) is 0.0811. The standard InChI is InChI=1S/C16H18O3.C14H20O3.2C10H14O/c1-4-16(2,3)15(18)19-14-10-9-13(17)11-7-5-6-8-12(11)14;1-6-14(4,5)13(16)17-11-7-9(2)12(15)10(3)8-11;1-3-8(2)9-4-6-10(11)7-5-9;1-3-8(2)9-5-4-6-10(11)7-9/h5-10,17H,4H2,1-3H3;7-8,15H,6H2,1-5H3;2*4-8,11H,3H2,1-2H3. The minimum Gasteiger partial charge on any atom is -0.508 e. The fourth-order valence-corrected chi connectivity index (χ4v) is 5.20. The molecule has 5 aromatic carbocycles. The number of hydrogen-bond donors (Lipinski definition) is 4. The molecule has 0 saturated carbocycles. The number of rotatable bonds is 10. The second-order valence-corrected chi connectivity index (χ2v) is 16.1. The van der Waals surface area contributed by atoms with Crippen molar-refractivity contribution in [3.8, 4) is 34.5 Å². The first-order chi connectivity index (χ1) is 27.2. The molecule has 0 aliphatic rings. The van der Waals surface area contributed by atoms with Crippen molar-refractivity contribution < 1.29 is 39.5 Å². The van der Waals surface area contributed by atoms with Gasteiger partial charge in [-0.25, -0.2) is 0 Å². The van der Waals surface area contributed by atoms with E-state index in [1.807, 2.05) is 90.1 Å². The molecule has 0 aromatic heterocycles. The normalized spacial score (nSPS) is 12.0. The molecule has 8 nitrogen and oxygen atoms in total. The summed E-state index contributed by atoms with van der Waals surface area (Å²) in [5.41, 5.74) is 2.93. The predicted molar refractivity (Wildman–Crippen MR) is 236 cm³/mol. The molecular formula is C50H66O8. The maximum absolute atomic E-state index is 12.1. The Labute approximate surface area is 346 Å². The van der Waals surface area contributed by atoms with Crippen molar-refractivity contribution in [2.24, 2.45) is 10.8 Å². The topological polar surface area (TPSA) is 134 Å². The second kappa shape index (κ2) is 22.4. The average molecular weight is 795 g/mol. The zero-order valence-corrected chi connectivity index (χ0v) is 36.6. The van der Waals surface area contributed by atoms with Crippen molar-refractivity contribution in [2.75, 3.05) is 0 Å². The van der Waals surface area contributed by atoms with Crippen LogP contribution in [0.2, 0.25) is 0 Å². The van der Waals surface area contributed by atoms with Gasteiger partial charge in [-0.05, 0) is 150 Å². The van der Waals surface area contributed by atoms with Gasteiger partial charge in [0.2, 0.25) is 0 Å². The van der Waals surface area contributed by atoms with Gasteiger partial charge in [0.1, 0.15) is 34.5 Å². The van der Waals surface area contributed by atoms with Crippen molar-refractivity contribution in [3.63, 3.8) is 0 Å². The lowest BCUT2D eigenvalue weighted by Gasteiger charge is -2.20. The SMILES string of the molecule is CCC(C)(C)C(=O)Oc1cc(C)c(O)c(C)c1.CCC(C)(C)C(=O)Oc1ccc(O)c2ccccc12.CCC(C)c1ccc(O)cc1.CCC(C)c1cccc(O)c1. The van der Waals surface area contributed by atoms with Crippen LogP contribution in [0.25, 0.3) is 10.8 Å². The molecule has 2 unspecified atom stereocenters. The molecule has 0 amide bonds. The van der Waals surface area contributed by atoms with E-state index in [1.54, 1.807) is 62.4 Å². The van der Waals surface area contributed by atoms with Gasteiger partial charge in [0.15, 0.2) is 0 Å². The molecule has 0 saturated heterocycles. The van der Waals surface area contributed by atoms with E-state index in [-0.39, 0.29) is 23.4 Å². The monoisotopic (exact) mass is 794 g/mol. The number of carbonyl (C=O) groups excluding carboxylic acids is 2. The molecule has 4 N–H and O–H groups in total. The van der Waals surface area contributed by atoms with Gasteiger partial charge in [-0.1, -0.05) is 90.1 Å². The first kappa shape index (κ1) is 48.6. The fourth-order valence-electron chi connectivity index (χ4n) is 5.20. The number of esters is 2. The molecule has 0 fully saturated rings. The summed E-state index contributed by atoms with van der Waals surface area (Å²) >= 11 is 0. The molecule has 0 spiro atoms. The van der Waals surface area contributed by atoms with E-state index in [0.29, 0.717) is 57.8 Å². The Morgan fingerprint density at radius 1 is 0.569 bits per heavy atom. The molecule has 0 radical (unpaired) electrons. The maximum atomic E-state index is 12.1. The van der Waals surface area contributed by atoms with E-state index in [4.69, 9.17) is 19.7 Å². The maximum Gasteiger partial charge on any atom is 0.316 e. The van der Waals surface area contributed by atoms with Gasteiger partial charge in [-0.15, -0.1) is 0 Å². The van der Waals surface area contributed by atoms with Gasteiger partial charge in [0, 0.05) is 10.8 Å². The van der Waals surface area contributed by atoms with Crippen molar-refractivity contribution in [1.29, 1.82) is 0 Å². The van der Waals surface area contributed by atoms with Gasteiger partial charge in [0.25, 0.3) is 0 Å². The molecule has 0 heterocycles. The van der Waals surface area contributed by atoms with E-state index in [1.165, 1.54) is 11.1 Å². The number of hydrogen-bond acceptors (Lipinski definition) is 8. The summed E-state index contributed by atoms with van der Waals surface area (Å²) in [6, 6.07) is 28.7. The summed E-state index contributed by atoms with van der Waals surface area (Å²) in [5, 5.41) is 39.0. The van der Waals surface area contributed by atoms with Gasteiger partial charge in [0.05, 0.1) is 10.8 Å². The van der Waals surface area contributed by atoms with E-state index < -0.39 is 10.8 Å². The summed E-state index contributed by atoms with van der Waals surface area (Å²) in [6.07, 6.45) is 3.69. The lowest BCUT2D eigenvalue weighted by atomic mass is 9.90. The molecule has 5 rings (SSSR count). The molecule has 0 aliphatic heterocycles. The average Bonchev–Trinajstić information content (AvgIpc) is 3.21. The van der Waals surface area contributed by atoms with Crippen molar-refractivity contribution in [1.82, 2.24) is 0 Å². The Kier molecular flexibility index (Phi) is 18.8. The molecule has 0 aliphatic carbocycles. The first-order valence-electron chi connectivity index (χ1n) is 20.2. The zero-order valence-electron chi connectivity index (χ0n) is 36.6. The summed E-state index contributed by atoms with van der Waals surface area (Å²) in [7, 11) is 0. The van der Waals surface area contributed by atoms with Crippen LogP contribution in [0.15, 0.2) is 97.1 Å². The number of aryl methyl sites for hydroxylation is 2. The summed E-state index contributed by atoms with van der Waals surface area (Å²) in [6.45, 7) is 23.6. The number of phenolic OH excluding ortho intramolecular Hbond substituents is 4. The lowest BCUT2D eigenvalue weighted by Crippen LogP contribution is -2.28. The van der Waals surface area contributed by atoms with E-state index in [9.17, 15) is 19.8 Å². The van der Waals surface area contributed by atoms with Crippen LogP contribution < -0.4 is 9.47 Å². The summed E-state index contributed by atoms with van der Waals surface area (Å²) in [4.78, 5) is 24.0. The molecule has 8 heteroatoms. The van der Waals surface area contributed by atoms with E-state index >= 15 is 0 Å². The fraction of sp³-hybridized carbons (Fsp3) is 0.400. The Morgan fingerprint density at radius 3 is 1.57 bits per heavy atom. The van der Waals surface area contributed by atoms with Crippen LogP contribution in [0.5, 0.6) is 34.5 Å². The van der Waals surface area contributed by atoms with Crippen LogP contribution in [0.3, 0.4) is 0 Å². The number of ether oxygens (including phenoxy) is 2. The number of phenols is 4. The first-order valence-corrected chi connectivity index (χ1v) is 20.2. The second-order valence-electron chi connectivity index (χ2n) is 16.1. The van der Waals surface area contributed by atoms with Crippen LogP contribution in [0.4, 0.5) is 0 Å². The van der Waals surface area contributed by atoms with Crippen LogP contribution in [-0.4, -0.2) is 32.4 Å². The van der Waals surface area contributed by atoms with Gasteiger partial charge in [-0.3, -0.25) is 9.59 Å². The highest BCUT2D eigenvalue weighted by molar-refractivity contribution is 5.95. The van der Waals surface area contributed by atoms with Gasteiger partial charge >= 0.3 is 11.9 Å². The third-order valence-electron chi connectivity index (χ3n) is 10.7. The number of fused-ring (bicyclic) bond motifs is 1. The zero-order chi connectivity index (χ0) is 43.8. The number of benzene rings is 5. The van der Waals surface area contributed by atoms with Gasteiger partial charge < -0.3 is 29.9 Å². The summed E-state index contributed by atoms with van der Waals surface area (Å²) in [5.74, 6) is 2.75. The lowest BCUT2D eigenvalue weighted by molar-refractivity contribution is -0.144. The minimum absolute atomic E-state index is 0.185. The van der Waals surface area contributed by atoms with Gasteiger partial charge in [-0.2, -0.15) is 0 Å². The highest BCUT2D eigenvalue weighted by Crippen LogP contribution is 2.34. The highest BCUT2D eigenvalue weighted by Gasteiger charge is 2.29. The van der Waals surface area contributed by atoms with Crippen molar-refractivity contribution in [2.45, 2.75) is 121 Å². The summed E-state index contributed by atoms with van der Waals surface area (Å²) < 4.78 is 10.8. The Bertz CT molecular complexity index is 2040. The Hall–Kier alpha value is -5.50. The molecular weight excluding hydrogens is 729 g/mol. The molecule has 5 aromatic rings. The number of aromatic hydroxyl groups is 4. The van der Waals surface area contributed by atoms with Crippen LogP contribution >= 0.6 is 0 Å². The van der Waals surface area contributed by atoms with E-state index in [0.717, 1.165) is 24.6 Å². The van der Waals surface area contributed by atoms with E-state index in [2.05, 4.69) is 27.7 Å². The van der Waals surface area contributed by atoms with Crippen molar-refractivity contribution in [3.05, 3.63) is 119 Å². The minimum atomic E-state index is -0.515.